The molecule has 1 amide bonds. The van der Waals surface area contributed by atoms with Gasteiger partial charge in [-0.15, -0.1) is 0 Å². The monoisotopic (exact) mass is 260 g/mol. The molecule has 2 rings (SSSR count). The van der Waals surface area contributed by atoms with Gasteiger partial charge in [-0.25, -0.2) is 0 Å². The Morgan fingerprint density at radius 1 is 1.21 bits per heavy atom. The van der Waals surface area contributed by atoms with Crippen LogP contribution in [-0.2, 0) is 11.2 Å². The fourth-order valence-corrected chi connectivity index (χ4v) is 2.96. The van der Waals surface area contributed by atoms with Crippen molar-refractivity contribution in [3.63, 3.8) is 0 Å². The first kappa shape index (κ1) is 14.1. The van der Waals surface area contributed by atoms with Crippen molar-refractivity contribution in [1.82, 2.24) is 10.6 Å². The molecule has 3 nitrogen and oxygen atoms in total. The van der Waals surface area contributed by atoms with E-state index in [4.69, 9.17) is 0 Å². The minimum atomic E-state index is 0.0501. The third-order valence-corrected chi connectivity index (χ3v) is 3.91. The second-order valence-electron chi connectivity index (χ2n) is 5.42. The van der Waals surface area contributed by atoms with Crippen LogP contribution in [0.25, 0.3) is 0 Å². The number of carbonyl (C=O) groups is 1. The van der Waals surface area contributed by atoms with Crippen LogP contribution in [0.15, 0.2) is 30.3 Å². The molecular formula is C16H24N2O. The summed E-state index contributed by atoms with van der Waals surface area (Å²) in [6.45, 7) is 3.16. The van der Waals surface area contributed by atoms with Crippen LogP contribution in [0, 0.1) is 5.92 Å². The van der Waals surface area contributed by atoms with E-state index >= 15 is 0 Å². The average Bonchev–Trinajstić information content (AvgIpc) is 2.83. The van der Waals surface area contributed by atoms with Crippen LogP contribution in [0.5, 0.6) is 0 Å². The first-order chi connectivity index (χ1) is 9.25. The molecule has 1 aliphatic carbocycles. The predicted octanol–water partition coefficient (Wildman–Crippen LogP) is 2.12. The fourth-order valence-electron chi connectivity index (χ4n) is 2.96. The maximum Gasteiger partial charge on any atom is 0.216 e. The zero-order valence-corrected chi connectivity index (χ0v) is 11.7. The third-order valence-electron chi connectivity index (χ3n) is 3.91. The topological polar surface area (TPSA) is 41.1 Å². The van der Waals surface area contributed by atoms with Gasteiger partial charge in [0.25, 0.3) is 0 Å². The highest BCUT2D eigenvalue weighted by molar-refractivity contribution is 5.72. The molecule has 1 aromatic carbocycles. The Balaban J connectivity index is 1.75. The van der Waals surface area contributed by atoms with E-state index in [0.717, 1.165) is 19.0 Å². The van der Waals surface area contributed by atoms with Crippen molar-refractivity contribution >= 4 is 5.91 Å². The lowest BCUT2D eigenvalue weighted by molar-refractivity contribution is -0.118. The van der Waals surface area contributed by atoms with Gasteiger partial charge < -0.3 is 10.6 Å². The Bertz CT molecular complexity index is 391. The quantitative estimate of drug-likeness (QED) is 0.769. The van der Waals surface area contributed by atoms with Gasteiger partial charge >= 0.3 is 0 Å². The molecule has 0 spiro atoms. The lowest BCUT2D eigenvalue weighted by atomic mass is 9.94. The molecule has 0 unspecified atom stereocenters. The zero-order valence-electron chi connectivity index (χ0n) is 11.7. The molecule has 1 aromatic rings. The highest BCUT2D eigenvalue weighted by Crippen LogP contribution is 2.28. The predicted molar refractivity (Wildman–Crippen MR) is 78.0 cm³/mol. The summed E-state index contributed by atoms with van der Waals surface area (Å²) in [5.41, 5.74) is 1.43. The van der Waals surface area contributed by atoms with Crippen molar-refractivity contribution in [2.24, 2.45) is 5.92 Å². The highest BCUT2D eigenvalue weighted by atomic mass is 16.1. The van der Waals surface area contributed by atoms with E-state index in [2.05, 4.69) is 41.0 Å². The number of rotatable bonds is 6. The minimum absolute atomic E-state index is 0.0501. The number of hydrogen-bond donors (Lipinski definition) is 2. The molecule has 2 N–H and O–H groups in total. The molecule has 0 bridgehead atoms. The van der Waals surface area contributed by atoms with Crippen LogP contribution in [0.2, 0.25) is 0 Å². The van der Waals surface area contributed by atoms with Crippen LogP contribution in [0.1, 0.15) is 31.7 Å². The second kappa shape index (κ2) is 7.29. The standard InChI is InChI=1S/C16H24N2O/c1-13(19)17-10-11-18-16-9-5-8-15(16)12-14-6-3-2-4-7-14/h2-4,6-7,15-16,18H,5,8-12H2,1H3,(H,17,19)/t15-,16-/m0/s1. The van der Waals surface area contributed by atoms with Gasteiger partial charge in [0.05, 0.1) is 0 Å². The van der Waals surface area contributed by atoms with E-state index in [1.807, 2.05) is 0 Å². The summed E-state index contributed by atoms with van der Waals surface area (Å²) < 4.78 is 0. The van der Waals surface area contributed by atoms with Gasteiger partial charge in [-0.1, -0.05) is 36.8 Å². The molecule has 1 fully saturated rings. The van der Waals surface area contributed by atoms with Crippen molar-refractivity contribution in [2.45, 2.75) is 38.6 Å². The normalized spacial score (nSPS) is 22.4. The van der Waals surface area contributed by atoms with E-state index in [9.17, 15) is 4.79 Å². The van der Waals surface area contributed by atoms with Crippen molar-refractivity contribution in [1.29, 1.82) is 0 Å². The van der Waals surface area contributed by atoms with Gasteiger partial charge in [-0.2, -0.15) is 0 Å². The Morgan fingerprint density at radius 2 is 2.00 bits per heavy atom. The van der Waals surface area contributed by atoms with Crippen molar-refractivity contribution in [3.8, 4) is 0 Å². The average molecular weight is 260 g/mol. The lowest BCUT2D eigenvalue weighted by Crippen LogP contribution is -2.38. The van der Waals surface area contributed by atoms with Gasteiger partial charge in [0, 0.05) is 26.1 Å². The summed E-state index contributed by atoms with van der Waals surface area (Å²) in [5, 5.41) is 6.43. The second-order valence-corrected chi connectivity index (χ2v) is 5.42. The number of hydrogen-bond acceptors (Lipinski definition) is 2. The summed E-state index contributed by atoms with van der Waals surface area (Å²) in [6, 6.07) is 11.3. The number of benzene rings is 1. The minimum Gasteiger partial charge on any atom is -0.355 e. The van der Waals surface area contributed by atoms with Gasteiger partial charge in [-0.05, 0) is 30.7 Å². The van der Waals surface area contributed by atoms with Gasteiger partial charge in [0.15, 0.2) is 0 Å². The molecule has 1 aliphatic rings. The molecule has 0 heterocycles. The maximum atomic E-state index is 10.8. The fraction of sp³-hybridized carbons (Fsp3) is 0.562. The Hall–Kier alpha value is -1.35. The van der Waals surface area contributed by atoms with Crippen molar-refractivity contribution in [3.05, 3.63) is 35.9 Å². The van der Waals surface area contributed by atoms with Gasteiger partial charge in [0.1, 0.15) is 0 Å². The van der Waals surface area contributed by atoms with E-state index in [1.54, 1.807) is 6.92 Å². The van der Waals surface area contributed by atoms with Crippen LogP contribution >= 0.6 is 0 Å². The summed E-state index contributed by atoms with van der Waals surface area (Å²) in [4.78, 5) is 10.8. The first-order valence-corrected chi connectivity index (χ1v) is 7.27. The van der Waals surface area contributed by atoms with Gasteiger partial charge in [0.2, 0.25) is 5.91 Å². The molecule has 2 atom stereocenters. The van der Waals surface area contributed by atoms with Gasteiger partial charge in [-0.3, -0.25) is 4.79 Å². The Kier molecular flexibility index (Phi) is 5.40. The zero-order chi connectivity index (χ0) is 13.5. The third kappa shape index (κ3) is 4.67. The highest BCUT2D eigenvalue weighted by Gasteiger charge is 2.26. The van der Waals surface area contributed by atoms with E-state index in [-0.39, 0.29) is 5.91 Å². The first-order valence-electron chi connectivity index (χ1n) is 7.27. The largest absolute Gasteiger partial charge is 0.355 e. The molecule has 3 heteroatoms. The molecule has 0 aromatic heterocycles. The van der Waals surface area contributed by atoms with Crippen LogP contribution in [-0.4, -0.2) is 25.0 Å². The van der Waals surface area contributed by atoms with E-state index in [1.165, 1.54) is 31.2 Å². The Morgan fingerprint density at radius 3 is 2.74 bits per heavy atom. The summed E-state index contributed by atoms with van der Waals surface area (Å²) in [7, 11) is 0. The Labute approximate surface area is 115 Å². The summed E-state index contributed by atoms with van der Waals surface area (Å²) in [5.74, 6) is 0.786. The number of carbonyl (C=O) groups excluding carboxylic acids is 1. The van der Waals surface area contributed by atoms with E-state index in [0.29, 0.717) is 6.04 Å². The SMILES string of the molecule is CC(=O)NCCN[C@H]1CCC[C@H]1Cc1ccccc1. The smallest absolute Gasteiger partial charge is 0.216 e. The molecule has 1 saturated carbocycles. The van der Waals surface area contributed by atoms with Crippen molar-refractivity contribution in [2.75, 3.05) is 13.1 Å². The molecular weight excluding hydrogens is 236 g/mol. The number of amides is 1. The van der Waals surface area contributed by atoms with Crippen LogP contribution in [0.3, 0.4) is 0 Å². The molecule has 0 saturated heterocycles. The maximum absolute atomic E-state index is 10.8. The lowest BCUT2D eigenvalue weighted by Gasteiger charge is -2.21. The molecule has 104 valence electrons. The van der Waals surface area contributed by atoms with Crippen LogP contribution in [0.4, 0.5) is 0 Å². The van der Waals surface area contributed by atoms with Crippen molar-refractivity contribution < 1.29 is 4.79 Å². The number of nitrogens with one attached hydrogen (secondary N) is 2. The summed E-state index contributed by atoms with van der Waals surface area (Å²) in [6.07, 6.45) is 5.05. The molecule has 0 aliphatic heterocycles. The molecule has 0 radical (unpaired) electrons. The molecule has 19 heavy (non-hydrogen) atoms. The van der Waals surface area contributed by atoms with Crippen LogP contribution < -0.4 is 10.6 Å². The van der Waals surface area contributed by atoms with E-state index < -0.39 is 0 Å². The summed E-state index contributed by atoms with van der Waals surface area (Å²) >= 11 is 0.